The summed E-state index contributed by atoms with van der Waals surface area (Å²) in [6.07, 6.45) is 0. The molecule has 0 aliphatic carbocycles. The molecule has 0 atom stereocenters. The first-order valence-electron chi connectivity index (χ1n) is 20.0. The second-order valence-corrected chi connectivity index (χ2v) is 13.3. The van der Waals surface area contributed by atoms with E-state index >= 15 is 0 Å². The van der Waals surface area contributed by atoms with Gasteiger partial charge in [-0.3, -0.25) is 0 Å². The first-order valence-corrected chi connectivity index (χ1v) is 18.0. The minimum atomic E-state index is -0.303. The average molecular weight is 692 g/mol. The molecule has 0 N–H and O–H groups in total. The molecule has 0 fully saturated rings. The lowest BCUT2D eigenvalue weighted by molar-refractivity contribution is 1.07. The van der Waals surface area contributed by atoms with Crippen molar-refractivity contribution in [2.24, 2.45) is 0 Å². The molecule has 0 bridgehead atoms. The van der Waals surface area contributed by atoms with Gasteiger partial charge in [-0.1, -0.05) is 188 Å². The Morgan fingerprint density at radius 1 is 0.315 bits per heavy atom. The zero-order chi connectivity index (χ0) is 39.3. The first kappa shape index (κ1) is 27.4. The molecule has 0 saturated heterocycles. The minimum absolute atomic E-state index is 0.0700. The van der Waals surface area contributed by atoms with Crippen LogP contribution < -0.4 is 0 Å². The lowest BCUT2D eigenvalue weighted by Gasteiger charge is -2.14. The summed E-state index contributed by atoms with van der Waals surface area (Å²) >= 11 is 0. The van der Waals surface area contributed by atoms with Gasteiger partial charge in [-0.25, -0.2) is 15.0 Å². The van der Waals surface area contributed by atoms with Crippen LogP contribution in [0.2, 0.25) is 0 Å². The van der Waals surface area contributed by atoms with Crippen molar-refractivity contribution in [3.05, 3.63) is 200 Å². The highest BCUT2D eigenvalue weighted by Gasteiger charge is 2.18. The Morgan fingerprint density at radius 2 is 0.852 bits per heavy atom. The fourth-order valence-electron chi connectivity index (χ4n) is 7.43. The normalized spacial score (nSPS) is 12.4. The van der Waals surface area contributed by atoms with Gasteiger partial charge in [-0.2, -0.15) is 0 Å². The summed E-state index contributed by atoms with van der Waals surface area (Å²) < 4.78 is 37.4. The molecule has 10 aromatic rings. The summed E-state index contributed by atoms with van der Waals surface area (Å²) in [7, 11) is 0. The Bertz CT molecular complexity index is 3230. The molecule has 0 unspecified atom stereocenters. The SMILES string of the molecule is [2H]c1c([2H])c(-c2nc(-c3ccc4ccccc4c3)nc(-c3ccccc3-c3cccc4ccccc34)n2)c([2H])c(-c2cccc3c(-c4ccccc4)cccc23)c1[2H]. The van der Waals surface area contributed by atoms with Gasteiger partial charge in [0.05, 0.1) is 5.48 Å². The van der Waals surface area contributed by atoms with E-state index in [1.807, 2.05) is 121 Å². The Morgan fingerprint density at radius 3 is 1.67 bits per heavy atom. The van der Waals surface area contributed by atoms with Crippen molar-refractivity contribution in [2.75, 3.05) is 0 Å². The molecule has 1 aromatic heterocycles. The topological polar surface area (TPSA) is 38.7 Å². The molecule has 9 aromatic carbocycles. The van der Waals surface area contributed by atoms with Crippen molar-refractivity contribution in [1.82, 2.24) is 15.0 Å². The van der Waals surface area contributed by atoms with E-state index in [0.29, 0.717) is 17.2 Å². The summed E-state index contributed by atoms with van der Waals surface area (Å²) in [5.74, 6) is 0.838. The van der Waals surface area contributed by atoms with Gasteiger partial charge in [-0.05, 0) is 77.8 Å². The molecule has 54 heavy (non-hydrogen) atoms. The number of benzene rings is 9. The monoisotopic (exact) mass is 691 g/mol. The van der Waals surface area contributed by atoms with Crippen molar-refractivity contribution in [3.8, 4) is 67.5 Å². The molecule has 0 amide bonds. The van der Waals surface area contributed by atoms with Crippen molar-refractivity contribution >= 4 is 32.3 Å². The number of nitrogens with zero attached hydrogens (tertiary/aromatic N) is 3. The van der Waals surface area contributed by atoms with E-state index < -0.39 is 0 Å². The van der Waals surface area contributed by atoms with Gasteiger partial charge in [0, 0.05) is 16.7 Å². The van der Waals surface area contributed by atoms with Crippen LogP contribution in [-0.4, -0.2) is 15.0 Å². The highest BCUT2D eigenvalue weighted by Crippen LogP contribution is 2.38. The molecule has 1 heterocycles. The number of fused-ring (bicyclic) bond motifs is 3. The number of rotatable bonds is 6. The standard InChI is InChI=1S/C51H33N3/c1-2-15-35(16-3-1)42-25-12-29-46-43(26-13-28-44(42)46)38-20-10-21-39(33-38)49-52-50(40-31-30-34-14-4-5-18-37(34)32-40)54-51(53-49)48-24-9-8-23-47(48)45-27-11-19-36-17-6-7-22-41(36)45/h1-33H/i10D,20D,21D,33D. The summed E-state index contributed by atoms with van der Waals surface area (Å²) in [5, 5.41) is 6.08. The largest absolute Gasteiger partial charge is 0.208 e. The lowest BCUT2D eigenvalue weighted by Crippen LogP contribution is -2.01. The first-order chi connectivity index (χ1) is 28.4. The highest BCUT2D eigenvalue weighted by molar-refractivity contribution is 6.05. The molecule has 0 saturated carbocycles. The Hall–Kier alpha value is -7.23. The van der Waals surface area contributed by atoms with Crippen LogP contribution in [0.25, 0.3) is 99.9 Å². The molecule has 252 valence electrons. The van der Waals surface area contributed by atoms with Gasteiger partial charge in [-0.15, -0.1) is 0 Å². The zero-order valence-corrected chi connectivity index (χ0v) is 29.1. The molecule has 10 rings (SSSR count). The second kappa shape index (κ2) is 13.4. The minimum Gasteiger partial charge on any atom is -0.208 e. The van der Waals surface area contributed by atoms with E-state index in [4.69, 9.17) is 16.3 Å². The molecular formula is C51H33N3. The maximum Gasteiger partial charge on any atom is 0.164 e. The molecule has 3 nitrogen and oxygen atoms in total. The van der Waals surface area contributed by atoms with Gasteiger partial charge in [0.1, 0.15) is 0 Å². The molecule has 0 radical (unpaired) electrons. The van der Waals surface area contributed by atoms with Crippen LogP contribution in [0.3, 0.4) is 0 Å². The van der Waals surface area contributed by atoms with Gasteiger partial charge < -0.3 is 0 Å². The zero-order valence-electron chi connectivity index (χ0n) is 33.1. The molecular weight excluding hydrogens is 655 g/mol. The number of hydrogen-bond acceptors (Lipinski definition) is 3. The van der Waals surface area contributed by atoms with E-state index in [1.165, 1.54) is 0 Å². The Labute approximate surface area is 319 Å². The fourth-order valence-corrected chi connectivity index (χ4v) is 7.43. The Kier molecular flexibility index (Phi) is 6.80. The fraction of sp³-hybridized carbons (Fsp3) is 0. The maximum atomic E-state index is 9.79. The van der Waals surface area contributed by atoms with Crippen LogP contribution in [0.15, 0.2) is 200 Å². The van der Waals surface area contributed by atoms with Crippen molar-refractivity contribution in [3.63, 3.8) is 0 Å². The van der Waals surface area contributed by atoms with Gasteiger partial charge >= 0.3 is 0 Å². The number of aromatic nitrogens is 3. The Balaban J connectivity index is 1.23. The van der Waals surface area contributed by atoms with Crippen LogP contribution >= 0.6 is 0 Å². The second-order valence-electron chi connectivity index (χ2n) is 13.3. The summed E-state index contributed by atoms with van der Waals surface area (Å²) in [5.41, 5.74) is 6.46. The summed E-state index contributed by atoms with van der Waals surface area (Å²) in [4.78, 5) is 15.2. The van der Waals surface area contributed by atoms with Gasteiger partial charge in [0.15, 0.2) is 17.5 Å². The molecule has 0 aliphatic rings. The number of hydrogen-bond donors (Lipinski definition) is 0. The van der Waals surface area contributed by atoms with E-state index in [1.54, 1.807) is 0 Å². The third-order valence-electron chi connectivity index (χ3n) is 10.0. The van der Waals surface area contributed by atoms with E-state index in [-0.39, 0.29) is 41.1 Å². The van der Waals surface area contributed by atoms with E-state index in [2.05, 4.69) is 54.6 Å². The third kappa shape index (κ3) is 5.69. The van der Waals surface area contributed by atoms with Crippen LogP contribution in [0.5, 0.6) is 0 Å². The van der Waals surface area contributed by atoms with Gasteiger partial charge in [0.2, 0.25) is 0 Å². The van der Waals surface area contributed by atoms with E-state index in [0.717, 1.165) is 65.7 Å². The smallest absolute Gasteiger partial charge is 0.164 e. The van der Waals surface area contributed by atoms with Crippen LogP contribution in [0.4, 0.5) is 0 Å². The van der Waals surface area contributed by atoms with Crippen LogP contribution in [0.1, 0.15) is 5.48 Å². The molecule has 0 aliphatic heterocycles. The van der Waals surface area contributed by atoms with Crippen molar-refractivity contribution in [2.45, 2.75) is 0 Å². The summed E-state index contributed by atoms with van der Waals surface area (Å²) in [6, 6.07) is 57.7. The highest BCUT2D eigenvalue weighted by atomic mass is 15.0. The van der Waals surface area contributed by atoms with Gasteiger partial charge in [0.25, 0.3) is 0 Å². The van der Waals surface area contributed by atoms with Crippen molar-refractivity contribution in [1.29, 1.82) is 0 Å². The predicted molar refractivity (Wildman–Crippen MR) is 225 cm³/mol. The van der Waals surface area contributed by atoms with Crippen molar-refractivity contribution < 1.29 is 5.48 Å². The third-order valence-corrected chi connectivity index (χ3v) is 10.0. The van der Waals surface area contributed by atoms with Crippen LogP contribution in [-0.2, 0) is 0 Å². The quantitative estimate of drug-likeness (QED) is 0.174. The maximum absolute atomic E-state index is 9.79. The predicted octanol–water partition coefficient (Wildman–Crippen LogP) is 13.3. The average Bonchev–Trinajstić information content (AvgIpc) is 3.28. The summed E-state index contributed by atoms with van der Waals surface area (Å²) in [6.45, 7) is 0. The molecule has 0 spiro atoms. The lowest BCUT2D eigenvalue weighted by atomic mass is 9.92. The molecule has 3 heteroatoms. The van der Waals surface area contributed by atoms with Crippen LogP contribution in [0, 0.1) is 0 Å². The van der Waals surface area contributed by atoms with E-state index in [9.17, 15) is 4.11 Å².